The van der Waals surface area contributed by atoms with Crippen LogP contribution in [-0.4, -0.2) is 29.5 Å². The fraction of sp³-hybridized carbons (Fsp3) is 0.133. The number of carbonyl (C=O) groups is 2. The van der Waals surface area contributed by atoms with Crippen LogP contribution >= 0.6 is 0 Å². The van der Waals surface area contributed by atoms with Gasteiger partial charge < -0.3 is 19.4 Å². The van der Waals surface area contributed by atoms with Crippen LogP contribution in [0.5, 0.6) is 11.5 Å². The Kier molecular flexibility index (Phi) is 7.98. The van der Waals surface area contributed by atoms with E-state index in [1.807, 2.05) is 91.5 Å². The lowest BCUT2D eigenvalue weighted by atomic mass is 10.1. The van der Waals surface area contributed by atoms with Gasteiger partial charge in [0.15, 0.2) is 23.9 Å². The van der Waals surface area contributed by atoms with Crippen LogP contribution in [-0.2, 0) is 4.79 Å². The van der Waals surface area contributed by atoms with Gasteiger partial charge in [-0.15, -0.1) is 0 Å². The van der Waals surface area contributed by atoms with Crippen molar-refractivity contribution in [3.63, 3.8) is 0 Å². The van der Waals surface area contributed by atoms with Gasteiger partial charge in [-0.05, 0) is 74.0 Å². The number of hydrogen-bond donors (Lipinski definition) is 1. The van der Waals surface area contributed by atoms with E-state index < -0.39 is 0 Å². The van der Waals surface area contributed by atoms with Crippen molar-refractivity contribution in [2.75, 3.05) is 18.5 Å². The lowest BCUT2D eigenvalue weighted by Crippen LogP contribution is -2.20. The number of nitrogens with zero attached hydrogens (tertiary/aromatic N) is 1. The zero-order valence-electron chi connectivity index (χ0n) is 20.3. The summed E-state index contributed by atoms with van der Waals surface area (Å²) in [7, 11) is 0. The number of hydrogen-bond acceptors (Lipinski definition) is 4. The van der Waals surface area contributed by atoms with Gasteiger partial charge in [-0.2, -0.15) is 0 Å². The van der Waals surface area contributed by atoms with E-state index in [9.17, 15) is 9.59 Å². The van der Waals surface area contributed by atoms with Crippen molar-refractivity contribution in [2.24, 2.45) is 0 Å². The Morgan fingerprint density at radius 1 is 0.889 bits per heavy atom. The Bertz CT molecular complexity index is 1360. The van der Waals surface area contributed by atoms with Gasteiger partial charge in [-0.1, -0.05) is 42.0 Å². The second-order valence-electron chi connectivity index (χ2n) is 8.18. The average molecular weight is 481 g/mol. The minimum absolute atomic E-state index is 0.102. The van der Waals surface area contributed by atoms with Crippen LogP contribution in [0.2, 0.25) is 0 Å². The normalized spacial score (nSPS) is 10.8. The molecule has 4 aromatic rings. The van der Waals surface area contributed by atoms with Crippen molar-refractivity contribution >= 4 is 23.5 Å². The molecule has 0 saturated heterocycles. The number of benzene rings is 3. The first-order valence-corrected chi connectivity index (χ1v) is 11.7. The molecule has 4 rings (SSSR count). The van der Waals surface area contributed by atoms with Crippen molar-refractivity contribution in [1.82, 2.24) is 4.57 Å². The largest absolute Gasteiger partial charge is 0.490 e. The van der Waals surface area contributed by atoms with Gasteiger partial charge in [0.2, 0.25) is 0 Å². The molecule has 0 saturated carbocycles. The summed E-state index contributed by atoms with van der Waals surface area (Å²) in [6, 6.07) is 24.2. The highest BCUT2D eigenvalue weighted by atomic mass is 16.5. The Morgan fingerprint density at radius 2 is 1.67 bits per heavy atom. The quantitative estimate of drug-likeness (QED) is 0.220. The lowest BCUT2D eigenvalue weighted by molar-refractivity contribution is -0.118. The monoisotopic (exact) mass is 480 g/mol. The van der Waals surface area contributed by atoms with Gasteiger partial charge in [0.25, 0.3) is 5.91 Å². The van der Waals surface area contributed by atoms with E-state index in [-0.39, 0.29) is 18.3 Å². The second-order valence-corrected chi connectivity index (χ2v) is 8.18. The maximum Gasteiger partial charge on any atom is 0.262 e. The summed E-state index contributed by atoms with van der Waals surface area (Å²) in [6.45, 7) is 4.14. The molecule has 3 aromatic carbocycles. The number of ketones is 1. The highest BCUT2D eigenvalue weighted by Gasteiger charge is 2.10. The van der Waals surface area contributed by atoms with Gasteiger partial charge in [0.05, 0.1) is 6.61 Å². The predicted molar refractivity (Wildman–Crippen MR) is 142 cm³/mol. The van der Waals surface area contributed by atoms with Gasteiger partial charge >= 0.3 is 0 Å². The van der Waals surface area contributed by atoms with Crippen LogP contribution in [0.25, 0.3) is 11.8 Å². The molecule has 36 heavy (non-hydrogen) atoms. The molecule has 0 radical (unpaired) electrons. The molecular weight excluding hydrogens is 452 g/mol. The summed E-state index contributed by atoms with van der Waals surface area (Å²) in [5, 5.41) is 2.81. The molecular formula is C30H28N2O4. The van der Waals surface area contributed by atoms with E-state index in [1.165, 1.54) is 6.08 Å². The molecule has 1 N–H and O–H groups in total. The smallest absolute Gasteiger partial charge is 0.262 e. The Labute approximate surface area is 210 Å². The minimum atomic E-state index is -0.266. The third kappa shape index (κ3) is 6.51. The molecule has 0 aliphatic heterocycles. The van der Waals surface area contributed by atoms with Crippen molar-refractivity contribution in [2.45, 2.75) is 13.8 Å². The van der Waals surface area contributed by atoms with Crippen molar-refractivity contribution in [3.05, 3.63) is 114 Å². The van der Waals surface area contributed by atoms with E-state index >= 15 is 0 Å². The first kappa shape index (κ1) is 24.5. The summed E-state index contributed by atoms with van der Waals surface area (Å²) in [5.41, 5.74) is 4.13. The molecule has 6 nitrogen and oxygen atoms in total. The van der Waals surface area contributed by atoms with Crippen molar-refractivity contribution in [1.29, 1.82) is 0 Å². The molecule has 0 fully saturated rings. The summed E-state index contributed by atoms with van der Waals surface area (Å²) in [6.07, 6.45) is 7.14. The molecule has 1 aromatic heterocycles. The van der Waals surface area contributed by atoms with Gasteiger partial charge in [0.1, 0.15) is 0 Å². The number of aromatic nitrogens is 1. The Balaban J connectivity index is 1.41. The van der Waals surface area contributed by atoms with E-state index in [0.29, 0.717) is 29.4 Å². The highest BCUT2D eigenvalue weighted by Crippen LogP contribution is 2.29. The number of ether oxygens (including phenoxy) is 2. The third-order valence-corrected chi connectivity index (χ3v) is 5.42. The number of allylic oxidation sites excluding steroid dienone is 1. The first-order chi connectivity index (χ1) is 17.5. The zero-order chi connectivity index (χ0) is 25.3. The third-order valence-electron chi connectivity index (χ3n) is 5.42. The molecule has 1 heterocycles. The fourth-order valence-corrected chi connectivity index (χ4v) is 3.59. The predicted octanol–water partition coefficient (Wildman–Crippen LogP) is 6.10. The maximum absolute atomic E-state index is 12.8. The summed E-state index contributed by atoms with van der Waals surface area (Å²) in [5.74, 6) is 0.594. The van der Waals surface area contributed by atoms with Gasteiger partial charge in [-0.25, -0.2) is 0 Å². The summed E-state index contributed by atoms with van der Waals surface area (Å²) < 4.78 is 13.4. The number of aryl methyl sites for hydroxylation is 1. The average Bonchev–Trinajstić information content (AvgIpc) is 3.44. The number of anilines is 1. The van der Waals surface area contributed by atoms with Crippen LogP contribution in [0.3, 0.4) is 0 Å². The molecule has 0 bridgehead atoms. The Hall–Kier alpha value is -4.58. The van der Waals surface area contributed by atoms with Crippen LogP contribution in [0, 0.1) is 6.92 Å². The first-order valence-electron chi connectivity index (χ1n) is 11.7. The molecule has 182 valence electrons. The summed E-state index contributed by atoms with van der Waals surface area (Å²) in [4.78, 5) is 25.1. The standard InChI is InChI=1S/C30H28N2O4/c1-3-35-29-19-23(11-15-27(33)24-7-6-8-26(20-24)32-17-4-5-18-32)12-16-28(29)36-21-30(34)31-25-13-9-22(2)10-14-25/h4-20H,3,21H2,1-2H3,(H,31,34)/b15-11+. The van der Waals surface area contributed by atoms with Crippen LogP contribution in [0.15, 0.2) is 97.3 Å². The topological polar surface area (TPSA) is 69.6 Å². The van der Waals surface area contributed by atoms with Crippen LogP contribution in [0.4, 0.5) is 5.69 Å². The minimum Gasteiger partial charge on any atom is -0.490 e. The van der Waals surface area contributed by atoms with Crippen LogP contribution < -0.4 is 14.8 Å². The van der Waals surface area contributed by atoms with E-state index in [0.717, 1.165) is 16.8 Å². The molecule has 0 unspecified atom stereocenters. The van der Waals surface area contributed by atoms with E-state index in [1.54, 1.807) is 24.3 Å². The fourth-order valence-electron chi connectivity index (χ4n) is 3.59. The van der Waals surface area contributed by atoms with E-state index in [2.05, 4.69) is 5.32 Å². The highest BCUT2D eigenvalue weighted by molar-refractivity contribution is 6.07. The lowest BCUT2D eigenvalue weighted by Gasteiger charge is -2.13. The number of amides is 1. The number of nitrogens with one attached hydrogen (secondary N) is 1. The SMILES string of the molecule is CCOc1cc(/C=C/C(=O)c2cccc(-n3cccc3)c2)ccc1OCC(=O)Nc1ccc(C)cc1. The molecule has 6 heteroatoms. The van der Waals surface area contributed by atoms with Gasteiger partial charge in [-0.3, -0.25) is 9.59 Å². The maximum atomic E-state index is 12.8. The molecule has 0 aliphatic carbocycles. The molecule has 1 amide bonds. The number of carbonyl (C=O) groups excluding carboxylic acids is 2. The van der Waals surface area contributed by atoms with Gasteiger partial charge in [0, 0.05) is 29.3 Å². The zero-order valence-corrected chi connectivity index (χ0v) is 20.3. The molecule has 0 aliphatic rings. The second kappa shape index (κ2) is 11.7. The van der Waals surface area contributed by atoms with E-state index in [4.69, 9.17) is 9.47 Å². The van der Waals surface area contributed by atoms with Crippen molar-refractivity contribution in [3.8, 4) is 17.2 Å². The van der Waals surface area contributed by atoms with Crippen LogP contribution in [0.1, 0.15) is 28.4 Å². The molecule has 0 spiro atoms. The molecule has 0 atom stereocenters. The Morgan fingerprint density at radius 3 is 2.42 bits per heavy atom. The summed E-state index contributed by atoms with van der Waals surface area (Å²) >= 11 is 0. The van der Waals surface area contributed by atoms with Crippen molar-refractivity contribution < 1.29 is 19.1 Å². The number of rotatable bonds is 10.